The first-order valence-electron chi connectivity index (χ1n) is 11.0. The van der Waals surface area contributed by atoms with Crippen molar-refractivity contribution in [2.75, 3.05) is 0 Å². The zero-order valence-electron chi connectivity index (χ0n) is 17.3. The second-order valence-electron chi connectivity index (χ2n) is 8.41. The quantitative estimate of drug-likeness (QED) is 0.310. The highest BCUT2D eigenvalue weighted by Crippen LogP contribution is 2.38. The van der Waals surface area contributed by atoms with Crippen molar-refractivity contribution >= 4 is 11.8 Å². The van der Waals surface area contributed by atoms with Gasteiger partial charge in [-0.1, -0.05) is 81.0 Å². The molecule has 0 bridgehead atoms. The van der Waals surface area contributed by atoms with Crippen molar-refractivity contribution in [1.82, 2.24) is 0 Å². The number of benzene rings is 2. The molecule has 1 saturated carbocycles. The summed E-state index contributed by atoms with van der Waals surface area (Å²) in [5.41, 5.74) is 4.31. The molecular formula is C26H36S. The van der Waals surface area contributed by atoms with Crippen molar-refractivity contribution in [3.8, 4) is 0 Å². The maximum Gasteiger partial charge on any atom is 0.0231 e. The van der Waals surface area contributed by atoms with E-state index in [0.29, 0.717) is 0 Å². The van der Waals surface area contributed by atoms with E-state index in [2.05, 4.69) is 62.4 Å². The van der Waals surface area contributed by atoms with E-state index in [1.54, 1.807) is 5.56 Å². The summed E-state index contributed by atoms with van der Waals surface area (Å²) < 4.78 is 0. The van der Waals surface area contributed by atoms with Gasteiger partial charge in [-0.2, -0.15) is 0 Å². The summed E-state index contributed by atoms with van der Waals surface area (Å²) in [5.74, 6) is 2.86. The van der Waals surface area contributed by atoms with E-state index in [-0.39, 0.29) is 0 Å². The van der Waals surface area contributed by atoms with Gasteiger partial charge in [-0.3, -0.25) is 0 Å². The van der Waals surface area contributed by atoms with Crippen LogP contribution >= 0.6 is 11.8 Å². The first kappa shape index (κ1) is 20.5. The molecule has 1 fully saturated rings. The first-order chi connectivity index (χ1) is 13.2. The Bertz CT molecular complexity index is 648. The van der Waals surface area contributed by atoms with Gasteiger partial charge in [0.05, 0.1) is 0 Å². The highest BCUT2D eigenvalue weighted by atomic mass is 32.2. The molecule has 0 unspecified atom stereocenters. The van der Waals surface area contributed by atoms with Crippen LogP contribution in [0.1, 0.15) is 87.3 Å². The highest BCUT2D eigenvalue weighted by Gasteiger charge is 2.21. The Hall–Kier alpha value is -1.21. The summed E-state index contributed by atoms with van der Waals surface area (Å²) >= 11 is 1.95. The van der Waals surface area contributed by atoms with Crippen LogP contribution in [0.15, 0.2) is 53.4 Å². The Morgan fingerprint density at radius 3 is 2.19 bits per heavy atom. The van der Waals surface area contributed by atoms with E-state index in [0.717, 1.165) is 17.6 Å². The van der Waals surface area contributed by atoms with Gasteiger partial charge >= 0.3 is 0 Å². The lowest BCUT2D eigenvalue weighted by molar-refractivity contribution is 0.302. The molecule has 0 atom stereocenters. The van der Waals surface area contributed by atoms with Gasteiger partial charge in [-0.15, -0.1) is 11.8 Å². The Morgan fingerprint density at radius 1 is 0.815 bits per heavy atom. The van der Waals surface area contributed by atoms with Crippen molar-refractivity contribution in [1.29, 1.82) is 0 Å². The van der Waals surface area contributed by atoms with Crippen LogP contribution in [-0.4, -0.2) is 0 Å². The van der Waals surface area contributed by atoms with E-state index >= 15 is 0 Å². The Kier molecular flexibility index (Phi) is 8.33. The third-order valence-electron chi connectivity index (χ3n) is 6.19. The monoisotopic (exact) mass is 380 g/mol. The highest BCUT2D eigenvalue weighted by molar-refractivity contribution is 7.98. The molecule has 0 N–H and O–H groups in total. The molecule has 0 saturated heterocycles. The lowest BCUT2D eigenvalue weighted by Crippen LogP contribution is -2.13. The largest absolute Gasteiger partial charge is 0.121 e. The summed E-state index contributed by atoms with van der Waals surface area (Å²) in [5, 5.41) is 0. The van der Waals surface area contributed by atoms with E-state index in [9.17, 15) is 0 Å². The zero-order valence-corrected chi connectivity index (χ0v) is 18.1. The van der Waals surface area contributed by atoms with Gasteiger partial charge in [0.25, 0.3) is 0 Å². The van der Waals surface area contributed by atoms with Gasteiger partial charge in [0.1, 0.15) is 0 Å². The predicted molar refractivity (Wildman–Crippen MR) is 121 cm³/mol. The van der Waals surface area contributed by atoms with Crippen molar-refractivity contribution in [2.45, 2.75) is 88.2 Å². The fourth-order valence-corrected chi connectivity index (χ4v) is 5.19. The van der Waals surface area contributed by atoms with Crippen molar-refractivity contribution in [3.05, 3.63) is 65.2 Å². The number of rotatable bonds is 9. The third-order valence-corrected chi connectivity index (χ3v) is 7.27. The fourth-order valence-electron chi connectivity index (χ4n) is 4.33. The summed E-state index contributed by atoms with van der Waals surface area (Å²) in [6.45, 7) is 4.45. The Morgan fingerprint density at radius 2 is 1.52 bits per heavy atom. The van der Waals surface area contributed by atoms with Gasteiger partial charge in [-0.05, 0) is 67.7 Å². The molecule has 1 aliphatic rings. The predicted octanol–water partition coefficient (Wildman–Crippen LogP) is 8.53. The molecule has 146 valence electrons. The second kappa shape index (κ2) is 11.0. The molecule has 0 nitrogen and oxygen atoms in total. The lowest BCUT2D eigenvalue weighted by atomic mass is 9.77. The van der Waals surface area contributed by atoms with Crippen LogP contribution in [0.4, 0.5) is 0 Å². The van der Waals surface area contributed by atoms with Gasteiger partial charge in [0, 0.05) is 10.6 Å². The fraction of sp³-hybridized carbons (Fsp3) is 0.538. The van der Waals surface area contributed by atoms with Crippen LogP contribution in [0.25, 0.3) is 0 Å². The SMILES string of the molecule is CCCCCCC1CCC(c2ccc(SCc3ccc(C)cc3)cc2)CC1. The van der Waals surface area contributed by atoms with Gasteiger partial charge in [0.2, 0.25) is 0 Å². The molecular weight excluding hydrogens is 344 g/mol. The summed E-state index contributed by atoms with van der Waals surface area (Å²) in [4.78, 5) is 1.39. The topological polar surface area (TPSA) is 0 Å². The molecule has 3 rings (SSSR count). The number of aryl methyl sites for hydroxylation is 1. The van der Waals surface area contributed by atoms with Crippen molar-refractivity contribution in [2.24, 2.45) is 5.92 Å². The molecule has 2 aromatic rings. The van der Waals surface area contributed by atoms with Crippen molar-refractivity contribution < 1.29 is 0 Å². The molecule has 0 aliphatic heterocycles. The second-order valence-corrected chi connectivity index (χ2v) is 9.46. The third kappa shape index (κ3) is 6.71. The van der Waals surface area contributed by atoms with E-state index in [4.69, 9.17) is 0 Å². The minimum absolute atomic E-state index is 0.799. The minimum atomic E-state index is 0.799. The normalized spacial score (nSPS) is 19.9. The molecule has 0 spiro atoms. The van der Waals surface area contributed by atoms with Crippen LogP contribution in [0.2, 0.25) is 0 Å². The van der Waals surface area contributed by atoms with E-state index < -0.39 is 0 Å². The smallest absolute Gasteiger partial charge is 0.0231 e. The van der Waals surface area contributed by atoms with Crippen LogP contribution in [0.3, 0.4) is 0 Å². The Balaban J connectivity index is 1.42. The number of unbranched alkanes of at least 4 members (excludes halogenated alkanes) is 3. The Labute approximate surface area is 171 Å². The van der Waals surface area contributed by atoms with Crippen LogP contribution < -0.4 is 0 Å². The number of hydrogen-bond acceptors (Lipinski definition) is 1. The minimum Gasteiger partial charge on any atom is -0.121 e. The molecule has 0 amide bonds. The average molecular weight is 381 g/mol. The van der Waals surface area contributed by atoms with Crippen LogP contribution in [0, 0.1) is 12.8 Å². The summed E-state index contributed by atoms with van der Waals surface area (Å²) in [6.07, 6.45) is 12.8. The summed E-state index contributed by atoms with van der Waals surface area (Å²) in [7, 11) is 0. The maximum absolute atomic E-state index is 2.39. The maximum atomic E-state index is 2.39. The molecule has 0 heterocycles. The van der Waals surface area contributed by atoms with E-state index in [1.807, 2.05) is 11.8 Å². The first-order valence-corrected chi connectivity index (χ1v) is 12.0. The van der Waals surface area contributed by atoms with Crippen LogP contribution in [0.5, 0.6) is 0 Å². The standard InChI is InChI=1S/C26H36S/c1-3-4-5-6-7-22-12-14-24(15-13-22)25-16-18-26(19-17-25)27-20-23-10-8-21(2)9-11-23/h8-11,16-19,22,24H,3-7,12-15,20H2,1-2H3. The molecule has 0 radical (unpaired) electrons. The summed E-state index contributed by atoms with van der Waals surface area (Å²) in [6, 6.07) is 18.4. The average Bonchev–Trinajstić information content (AvgIpc) is 2.72. The lowest BCUT2D eigenvalue weighted by Gasteiger charge is -2.29. The van der Waals surface area contributed by atoms with Gasteiger partial charge in [-0.25, -0.2) is 0 Å². The van der Waals surface area contributed by atoms with Crippen LogP contribution in [-0.2, 0) is 5.75 Å². The van der Waals surface area contributed by atoms with Gasteiger partial charge in [0.15, 0.2) is 0 Å². The van der Waals surface area contributed by atoms with Crippen molar-refractivity contribution in [3.63, 3.8) is 0 Å². The molecule has 0 aromatic heterocycles. The number of thioether (sulfide) groups is 1. The number of hydrogen-bond donors (Lipinski definition) is 0. The van der Waals surface area contributed by atoms with E-state index in [1.165, 1.54) is 73.8 Å². The molecule has 27 heavy (non-hydrogen) atoms. The molecule has 1 heteroatoms. The molecule has 2 aromatic carbocycles. The molecule has 1 aliphatic carbocycles. The zero-order chi connectivity index (χ0) is 18.9. The van der Waals surface area contributed by atoms with Gasteiger partial charge < -0.3 is 0 Å².